The van der Waals surface area contributed by atoms with E-state index >= 15 is 0 Å². The Morgan fingerprint density at radius 1 is 0.679 bits per heavy atom. The zero-order valence-electron chi connectivity index (χ0n) is 33.5. The SMILES string of the molecule is CC(C)(C)OC(=O)N1CCC2(CCCC2)CC1.Cc1cc(C=O)ccc1Cl.Cc1cc(CN2CCCC23CCN(C(=O)OC(C)(C)C)CC3)ccc1Cl. The minimum atomic E-state index is -0.432. The van der Waals surface area contributed by atoms with Crippen molar-refractivity contribution in [3.8, 4) is 0 Å². The topological polar surface area (TPSA) is 79.4 Å². The van der Waals surface area contributed by atoms with Crippen molar-refractivity contribution in [3.63, 3.8) is 0 Å². The summed E-state index contributed by atoms with van der Waals surface area (Å²) in [6.45, 7) is 20.9. The maximum atomic E-state index is 12.3. The van der Waals surface area contributed by atoms with Crippen LogP contribution in [0.4, 0.5) is 9.59 Å². The Bertz CT molecular complexity index is 1540. The van der Waals surface area contributed by atoms with Crippen LogP contribution in [0.25, 0.3) is 0 Å². The van der Waals surface area contributed by atoms with Crippen LogP contribution >= 0.6 is 23.2 Å². The summed E-state index contributed by atoms with van der Waals surface area (Å²) in [6, 6.07) is 11.5. The van der Waals surface area contributed by atoms with Crippen LogP contribution < -0.4 is 0 Å². The lowest BCUT2D eigenvalue weighted by molar-refractivity contribution is 0.00153. The van der Waals surface area contributed by atoms with Crippen molar-refractivity contribution in [1.29, 1.82) is 0 Å². The van der Waals surface area contributed by atoms with Crippen LogP contribution in [-0.2, 0) is 16.0 Å². The quantitative estimate of drug-likeness (QED) is 0.289. The highest BCUT2D eigenvalue weighted by atomic mass is 35.5. The van der Waals surface area contributed by atoms with Gasteiger partial charge in [-0.15, -0.1) is 0 Å². The van der Waals surface area contributed by atoms with Crippen molar-refractivity contribution in [3.05, 3.63) is 68.7 Å². The second-order valence-electron chi connectivity index (χ2n) is 17.6. The lowest BCUT2D eigenvalue weighted by Gasteiger charge is -2.45. The van der Waals surface area contributed by atoms with E-state index in [2.05, 4.69) is 24.0 Å². The van der Waals surface area contributed by atoms with Gasteiger partial charge in [0.2, 0.25) is 0 Å². The number of likely N-dealkylation sites (tertiary alicyclic amines) is 3. The van der Waals surface area contributed by atoms with Gasteiger partial charge in [0, 0.05) is 53.9 Å². The van der Waals surface area contributed by atoms with Crippen LogP contribution in [0.1, 0.15) is 133 Å². The molecule has 53 heavy (non-hydrogen) atoms. The summed E-state index contributed by atoms with van der Waals surface area (Å²) in [7, 11) is 0. The summed E-state index contributed by atoms with van der Waals surface area (Å²) in [5.74, 6) is 0. The summed E-state index contributed by atoms with van der Waals surface area (Å²) in [4.78, 5) is 40.9. The summed E-state index contributed by atoms with van der Waals surface area (Å²) >= 11 is 11.9. The number of rotatable bonds is 3. The van der Waals surface area contributed by atoms with Gasteiger partial charge in [-0.2, -0.15) is 0 Å². The molecule has 3 saturated heterocycles. The Morgan fingerprint density at radius 3 is 1.64 bits per heavy atom. The number of ether oxygens (including phenoxy) is 2. The highest BCUT2D eigenvalue weighted by molar-refractivity contribution is 6.31. The molecule has 10 heteroatoms. The maximum Gasteiger partial charge on any atom is 0.410 e. The number of carbonyl (C=O) groups is 3. The molecule has 0 radical (unpaired) electrons. The predicted octanol–water partition coefficient (Wildman–Crippen LogP) is 11.1. The third-order valence-corrected chi connectivity index (χ3v) is 12.0. The molecule has 2 amide bonds. The lowest BCUT2D eigenvalue weighted by Crippen LogP contribution is -2.53. The van der Waals surface area contributed by atoms with Gasteiger partial charge in [0.25, 0.3) is 0 Å². The van der Waals surface area contributed by atoms with Gasteiger partial charge in [0.15, 0.2) is 0 Å². The second-order valence-corrected chi connectivity index (χ2v) is 18.4. The Kier molecular flexibility index (Phi) is 14.8. The van der Waals surface area contributed by atoms with Crippen LogP contribution in [0.2, 0.25) is 10.0 Å². The molecule has 294 valence electrons. The van der Waals surface area contributed by atoms with E-state index in [1.165, 1.54) is 56.9 Å². The first-order valence-electron chi connectivity index (χ1n) is 19.5. The molecule has 3 aliphatic heterocycles. The summed E-state index contributed by atoms with van der Waals surface area (Å²) in [5.41, 5.74) is 4.05. The van der Waals surface area contributed by atoms with E-state index in [1.54, 1.807) is 18.2 Å². The van der Waals surface area contributed by atoms with Crippen LogP contribution in [0.3, 0.4) is 0 Å². The molecule has 8 nitrogen and oxygen atoms in total. The van der Waals surface area contributed by atoms with E-state index in [1.807, 2.05) is 64.3 Å². The number of aryl methyl sites for hydroxylation is 2. The number of hydrogen-bond acceptors (Lipinski definition) is 6. The molecule has 0 aromatic heterocycles. The molecule has 1 aliphatic carbocycles. The minimum Gasteiger partial charge on any atom is -0.444 e. The Morgan fingerprint density at radius 2 is 1.17 bits per heavy atom. The lowest BCUT2D eigenvalue weighted by atomic mass is 9.77. The zero-order valence-corrected chi connectivity index (χ0v) is 35.0. The van der Waals surface area contributed by atoms with E-state index in [0.717, 1.165) is 74.5 Å². The summed E-state index contributed by atoms with van der Waals surface area (Å²) < 4.78 is 11.0. The molecule has 4 aliphatic rings. The summed E-state index contributed by atoms with van der Waals surface area (Å²) in [5, 5.41) is 1.53. The molecule has 0 unspecified atom stereocenters. The maximum absolute atomic E-state index is 12.3. The van der Waals surface area contributed by atoms with E-state index < -0.39 is 5.60 Å². The molecule has 0 atom stereocenters. The van der Waals surface area contributed by atoms with Gasteiger partial charge in [-0.1, -0.05) is 54.2 Å². The van der Waals surface area contributed by atoms with Gasteiger partial charge in [-0.3, -0.25) is 9.69 Å². The average Bonchev–Trinajstić information content (AvgIpc) is 3.70. The molecule has 2 aromatic rings. The molecule has 1 saturated carbocycles. The molecule has 2 spiro atoms. The van der Waals surface area contributed by atoms with Crippen molar-refractivity contribution in [2.75, 3.05) is 32.7 Å². The van der Waals surface area contributed by atoms with Crippen molar-refractivity contribution in [2.24, 2.45) is 5.41 Å². The Hall–Kier alpha value is -2.81. The number of amides is 2. The molecule has 3 heterocycles. The van der Waals surface area contributed by atoms with Gasteiger partial charge >= 0.3 is 12.2 Å². The Labute approximate surface area is 328 Å². The second kappa shape index (κ2) is 18.2. The first-order chi connectivity index (χ1) is 24.8. The van der Waals surface area contributed by atoms with Gasteiger partial charge in [-0.05, 0) is 154 Å². The van der Waals surface area contributed by atoms with Crippen LogP contribution in [0.15, 0.2) is 36.4 Å². The summed E-state index contributed by atoms with van der Waals surface area (Å²) in [6.07, 6.45) is 12.9. The fourth-order valence-corrected chi connectivity index (χ4v) is 8.36. The van der Waals surface area contributed by atoms with E-state index in [4.69, 9.17) is 32.7 Å². The number of benzene rings is 2. The number of piperidine rings is 2. The molecule has 0 bridgehead atoms. The largest absolute Gasteiger partial charge is 0.444 e. The minimum absolute atomic E-state index is 0.134. The molecule has 0 N–H and O–H groups in total. The fraction of sp³-hybridized carbons (Fsp3) is 0.651. The molecular formula is C43H63Cl2N3O5. The predicted molar refractivity (Wildman–Crippen MR) is 215 cm³/mol. The first kappa shape index (κ1) is 42.9. The van der Waals surface area contributed by atoms with Gasteiger partial charge in [-0.25, -0.2) is 9.59 Å². The number of aldehydes is 1. The van der Waals surface area contributed by atoms with Gasteiger partial charge in [0.05, 0.1) is 0 Å². The highest BCUT2D eigenvalue weighted by Gasteiger charge is 2.44. The number of nitrogens with zero attached hydrogens (tertiary/aromatic N) is 3. The number of hydrogen-bond donors (Lipinski definition) is 0. The molecule has 2 aromatic carbocycles. The van der Waals surface area contributed by atoms with Gasteiger partial charge < -0.3 is 19.3 Å². The van der Waals surface area contributed by atoms with E-state index in [0.29, 0.717) is 16.0 Å². The number of halogens is 2. The third kappa shape index (κ3) is 12.6. The van der Waals surface area contributed by atoms with Crippen LogP contribution in [0, 0.1) is 19.3 Å². The smallest absolute Gasteiger partial charge is 0.410 e. The first-order valence-corrected chi connectivity index (χ1v) is 20.3. The van der Waals surface area contributed by atoms with Crippen LogP contribution in [0.5, 0.6) is 0 Å². The fourth-order valence-electron chi connectivity index (χ4n) is 8.12. The van der Waals surface area contributed by atoms with E-state index in [9.17, 15) is 14.4 Å². The normalized spacial score (nSPS) is 19.6. The van der Waals surface area contributed by atoms with E-state index in [-0.39, 0.29) is 23.3 Å². The molecular weight excluding hydrogens is 709 g/mol. The standard InChI is InChI=1S/C21H31ClN2O2.C14H25NO2.C8H7ClO/c1-16-14-17(6-7-18(16)22)15-24-11-5-8-21(24)9-12-23(13-10-21)19(25)26-20(2,3)4;1-13(2,3)17-12(16)15-10-8-14(9-11-15)6-4-5-7-14;1-6-4-7(5-10)2-3-8(6)9/h6-7,14H,5,8-13,15H2,1-4H3;4-11H2,1-3H3;2-5H,1H3. The van der Waals surface area contributed by atoms with Gasteiger partial charge in [0.1, 0.15) is 17.5 Å². The highest BCUT2D eigenvalue weighted by Crippen LogP contribution is 2.46. The van der Waals surface area contributed by atoms with Crippen molar-refractivity contribution < 1.29 is 23.9 Å². The van der Waals surface area contributed by atoms with Crippen molar-refractivity contribution in [2.45, 2.75) is 143 Å². The molecule has 4 fully saturated rings. The molecule has 6 rings (SSSR count). The third-order valence-electron chi connectivity index (χ3n) is 11.1. The van der Waals surface area contributed by atoms with Crippen molar-refractivity contribution >= 4 is 41.7 Å². The zero-order chi connectivity index (χ0) is 39.0. The number of carbonyl (C=O) groups excluding carboxylic acids is 3. The average molecular weight is 773 g/mol. The van der Waals surface area contributed by atoms with Crippen LogP contribution in [-0.4, -0.2) is 82.6 Å². The van der Waals surface area contributed by atoms with Crippen molar-refractivity contribution in [1.82, 2.24) is 14.7 Å². The Balaban J connectivity index is 0.000000198. The monoisotopic (exact) mass is 771 g/mol.